The van der Waals surface area contributed by atoms with Crippen LogP contribution in [0.1, 0.15) is 29.7 Å². The Morgan fingerprint density at radius 1 is 1.41 bits per heavy atom. The first-order chi connectivity index (χ1) is 10.5. The van der Waals surface area contributed by atoms with E-state index in [-0.39, 0.29) is 18.2 Å². The third-order valence-corrected chi connectivity index (χ3v) is 3.86. The van der Waals surface area contributed by atoms with Gasteiger partial charge >= 0.3 is 6.03 Å². The van der Waals surface area contributed by atoms with Crippen LogP contribution in [-0.4, -0.2) is 50.4 Å². The zero-order chi connectivity index (χ0) is 16.1. The van der Waals surface area contributed by atoms with Crippen LogP contribution in [0.2, 0.25) is 0 Å². The minimum atomic E-state index is -0.0453. The molecule has 1 N–H and O–H groups in total. The number of carbonyl (C=O) groups is 1. The van der Waals surface area contributed by atoms with Crippen molar-refractivity contribution in [3.8, 4) is 0 Å². The Morgan fingerprint density at radius 2 is 2.09 bits per heavy atom. The Kier molecular flexibility index (Phi) is 5.80. The van der Waals surface area contributed by atoms with E-state index in [2.05, 4.69) is 37.4 Å². The predicted molar refractivity (Wildman–Crippen MR) is 86.1 cm³/mol. The highest BCUT2D eigenvalue weighted by Crippen LogP contribution is 2.17. The van der Waals surface area contributed by atoms with Crippen molar-refractivity contribution in [2.24, 2.45) is 0 Å². The fourth-order valence-electron chi connectivity index (χ4n) is 2.81. The van der Waals surface area contributed by atoms with Gasteiger partial charge in [0.25, 0.3) is 0 Å². The molecule has 0 aliphatic carbocycles. The number of aryl methyl sites for hydroxylation is 2. The summed E-state index contributed by atoms with van der Waals surface area (Å²) in [4.78, 5) is 14.2. The third kappa shape index (κ3) is 4.45. The number of nitrogens with zero attached hydrogens (tertiary/aromatic N) is 1. The van der Waals surface area contributed by atoms with Crippen LogP contribution in [0.4, 0.5) is 4.79 Å². The van der Waals surface area contributed by atoms with E-state index in [9.17, 15) is 4.79 Å². The first kappa shape index (κ1) is 16.8. The molecule has 122 valence electrons. The molecule has 0 bridgehead atoms. The lowest BCUT2D eigenvalue weighted by atomic mass is 10.0. The monoisotopic (exact) mass is 306 g/mol. The maximum atomic E-state index is 12.4. The highest BCUT2D eigenvalue weighted by Gasteiger charge is 2.25. The van der Waals surface area contributed by atoms with Gasteiger partial charge in [-0.2, -0.15) is 0 Å². The minimum absolute atomic E-state index is 0.0187. The average molecular weight is 306 g/mol. The zero-order valence-corrected chi connectivity index (χ0v) is 13.9. The number of methoxy groups -OCH3 is 1. The van der Waals surface area contributed by atoms with E-state index in [1.54, 1.807) is 12.0 Å². The molecule has 22 heavy (non-hydrogen) atoms. The molecule has 0 saturated carbocycles. The zero-order valence-electron chi connectivity index (χ0n) is 13.9. The van der Waals surface area contributed by atoms with Crippen LogP contribution in [0.5, 0.6) is 0 Å². The number of amides is 2. The SMILES string of the molecule is COCC1CN(C(=O)NC(C)c2cc(C)cc(C)c2)CCO1. The van der Waals surface area contributed by atoms with Gasteiger partial charge in [0, 0.05) is 13.7 Å². The highest BCUT2D eigenvalue weighted by atomic mass is 16.5. The Bertz CT molecular complexity index is 496. The summed E-state index contributed by atoms with van der Waals surface area (Å²) < 4.78 is 10.7. The molecule has 0 spiro atoms. The van der Waals surface area contributed by atoms with Crippen LogP contribution < -0.4 is 5.32 Å². The van der Waals surface area contributed by atoms with Gasteiger partial charge in [-0.05, 0) is 26.3 Å². The normalized spacial score (nSPS) is 19.8. The second-order valence-electron chi connectivity index (χ2n) is 5.99. The molecule has 1 aromatic rings. The Hall–Kier alpha value is -1.59. The molecule has 2 unspecified atom stereocenters. The number of carbonyl (C=O) groups excluding carboxylic acids is 1. The predicted octanol–water partition coefficient (Wildman–Crippen LogP) is 2.42. The molecule has 0 radical (unpaired) electrons. The number of nitrogens with one attached hydrogen (secondary N) is 1. The molecule has 2 amide bonds. The first-order valence-electron chi connectivity index (χ1n) is 7.73. The van der Waals surface area contributed by atoms with E-state index >= 15 is 0 Å². The molecule has 1 aliphatic heterocycles. The maximum absolute atomic E-state index is 12.4. The number of hydrogen-bond donors (Lipinski definition) is 1. The maximum Gasteiger partial charge on any atom is 0.318 e. The van der Waals surface area contributed by atoms with Crippen molar-refractivity contribution in [1.82, 2.24) is 10.2 Å². The molecule has 2 rings (SSSR count). The summed E-state index contributed by atoms with van der Waals surface area (Å²) in [6, 6.07) is 6.30. The summed E-state index contributed by atoms with van der Waals surface area (Å²) in [6.45, 7) is 8.41. The molecule has 5 nitrogen and oxygen atoms in total. The van der Waals surface area contributed by atoms with Gasteiger partial charge in [0.2, 0.25) is 0 Å². The molecule has 1 heterocycles. The highest BCUT2D eigenvalue weighted by molar-refractivity contribution is 5.74. The van der Waals surface area contributed by atoms with E-state index in [4.69, 9.17) is 9.47 Å². The largest absolute Gasteiger partial charge is 0.382 e. The van der Waals surface area contributed by atoms with E-state index in [1.807, 2.05) is 6.92 Å². The van der Waals surface area contributed by atoms with Crippen molar-refractivity contribution >= 4 is 6.03 Å². The van der Waals surface area contributed by atoms with Crippen LogP contribution in [0.25, 0.3) is 0 Å². The van der Waals surface area contributed by atoms with E-state index in [0.29, 0.717) is 26.3 Å². The lowest BCUT2D eigenvalue weighted by Gasteiger charge is -2.33. The molecule has 1 saturated heterocycles. The van der Waals surface area contributed by atoms with Crippen LogP contribution in [0.3, 0.4) is 0 Å². The lowest BCUT2D eigenvalue weighted by molar-refractivity contribution is -0.0496. The summed E-state index contributed by atoms with van der Waals surface area (Å²) in [5.74, 6) is 0. The van der Waals surface area contributed by atoms with Gasteiger partial charge < -0.3 is 19.7 Å². The van der Waals surface area contributed by atoms with Gasteiger partial charge in [-0.25, -0.2) is 4.79 Å². The quantitative estimate of drug-likeness (QED) is 0.929. The minimum Gasteiger partial charge on any atom is -0.382 e. The second kappa shape index (κ2) is 7.61. The summed E-state index contributed by atoms with van der Waals surface area (Å²) in [6.07, 6.45) is -0.0407. The van der Waals surface area contributed by atoms with Gasteiger partial charge in [0.1, 0.15) is 0 Å². The van der Waals surface area contributed by atoms with E-state index in [0.717, 1.165) is 5.56 Å². The molecule has 5 heteroatoms. The number of ether oxygens (including phenoxy) is 2. The third-order valence-electron chi connectivity index (χ3n) is 3.86. The Labute approximate surface area is 132 Å². The molecule has 2 atom stereocenters. The van der Waals surface area contributed by atoms with Gasteiger partial charge in [-0.3, -0.25) is 0 Å². The standard InChI is InChI=1S/C17H26N2O3/c1-12-7-13(2)9-15(8-12)14(3)18-17(20)19-5-6-22-16(10-19)11-21-4/h7-9,14,16H,5-6,10-11H2,1-4H3,(H,18,20). The number of morpholine rings is 1. The smallest absolute Gasteiger partial charge is 0.318 e. The van der Waals surface area contributed by atoms with Crippen molar-refractivity contribution in [3.05, 3.63) is 34.9 Å². The Morgan fingerprint density at radius 3 is 2.73 bits per heavy atom. The topological polar surface area (TPSA) is 50.8 Å². The second-order valence-corrected chi connectivity index (χ2v) is 5.99. The number of benzene rings is 1. The lowest BCUT2D eigenvalue weighted by Crippen LogP contribution is -2.51. The van der Waals surface area contributed by atoms with Gasteiger partial charge in [0.05, 0.1) is 31.9 Å². The number of hydrogen-bond acceptors (Lipinski definition) is 3. The molecule has 1 fully saturated rings. The summed E-state index contributed by atoms with van der Waals surface area (Å²) >= 11 is 0. The van der Waals surface area contributed by atoms with E-state index in [1.165, 1.54) is 11.1 Å². The summed E-state index contributed by atoms with van der Waals surface area (Å²) in [7, 11) is 1.64. The van der Waals surface area contributed by atoms with Crippen LogP contribution in [-0.2, 0) is 9.47 Å². The van der Waals surface area contributed by atoms with Gasteiger partial charge in [0.15, 0.2) is 0 Å². The van der Waals surface area contributed by atoms with Crippen molar-refractivity contribution in [2.75, 3.05) is 33.4 Å². The van der Waals surface area contributed by atoms with Crippen LogP contribution in [0.15, 0.2) is 18.2 Å². The summed E-state index contributed by atoms with van der Waals surface area (Å²) in [5, 5.41) is 3.07. The van der Waals surface area contributed by atoms with Crippen molar-refractivity contribution in [3.63, 3.8) is 0 Å². The first-order valence-corrected chi connectivity index (χ1v) is 7.73. The van der Waals surface area contributed by atoms with E-state index < -0.39 is 0 Å². The van der Waals surface area contributed by atoms with Crippen molar-refractivity contribution in [2.45, 2.75) is 32.9 Å². The van der Waals surface area contributed by atoms with Crippen LogP contribution in [0, 0.1) is 13.8 Å². The average Bonchev–Trinajstić information content (AvgIpc) is 2.46. The molecular formula is C17H26N2O3. The summed E-state index contributed by atoms with van der Waals surface area (Å²) in [5.41, 5.74) is 3.55. The molecule has 1 aliphatic rings. The molecule has 0 aromatic heterocycles. The number of rotatable bonds is 4. The van der Waals surface area contributed by atoms with Gasteiger partial charge in [-0.1, -0.05) is 29.3 Å². The van der Waals surface area contributed by atoms with Gasteiger partial charge in [-0.15, -0.1) is 0 Å². The molecule has 1 aromatic carbocycles. The Balaban J connectivity index is 1.95. The molecular weight excluding hydrogens is 280 g/mol. The van der Waals surface area contributed by atoms with Crippen molar-refractivity contribution < 1.29 is 14.3 Å². The fourth-order valence-corrected chi connectivity index (χ4v) is 2.81. The fraction of sp³-hybridized carbons (Fsp3) is 0.588. The number of urea groups is 1. The van der Waals surface area contributed by atoms with Crippen LogP contribution >= 0.6 is 0 Å². The van der Waals surface area contributed by atoms with Crippen molar-refractivity contribution in [1.29, 1.82) is 0 Å².